The standard InChI is InChI=1S/C4H8O2.C2H4O3/c1-3-6-4(2)5;1-5-2(3)4/h3H2,1-2H3;1H3,(H,3,4). The second kappa shape index (κ2) is 8.74. The quantitative estimate of drug-likeness (QED) is 0.582. The fourth-order valence-electron chi connectivity index (χ4n) is 0.203. The van der Waals surface area contributed by atoms with Gasteiger partial charge in [0.25, 0.3) is 0 Å². The molecule has 0 radical (unpaired) electrons. The predicted octanol–water partition coefficient (Wildman–Crippen LogP) is 0.880. The molecule has 0 saturated heterocycles. The number of hydrogen-bond acceptors (Lipinski definition) is 4. The fourth-order valence-corrected chi connectivity index (χ4v) is 0.203. The van der Waals surface area contributed by atoms with E-state index in [0.717, 1.165) is 7.11 Å². The normalized spacial score (nSPS) is 7.18. The zero-order chi connectivity index (χ0) is 9.28. The lowest BCUT2D eigenvalue weighted by Crippen LogP contribution is -1.95. The molecule has 0 saturated carbocycles. The van der Waals surface area contributed by atoms with Crippen LogP contribution in [0, 0.1) is 0 Å². The van der Waals surface area contributed by atoms with Crippen molar-refractivity contribution in [3.8, 4) is 0 Å². The molecule has 1 N–H and O–H groups in total. The van der Waals surface area contributed by atoms with Crippen LogP contribution in [0.25, 0.3) is 0 Å². The fraction of sp³-hybridized carbons (Fsp3) is 0.667. The first-order chi connectivity index (χ1) is 5.04. The highest BCUT2D eigenvalue weighted by Gasteiger charge is 1.81. The first-order valence-electron chi connectivity index (χ1n) is 2.94. The van der Waals surface area contributed by atoms with Crippen molar-refractivity contribution in [2.45, 2.75) is 13.8 Å². The lowest BCUT2D eigenvalue weighted by molar-refractivity contribution is -0.140. The maximum absolute atomic E-state index is 9.82. The molecule has 0 aromatic carbocycles. The minimum absolute atomic E-state index is 0.211. The van der Waals surface area contributed by atoms with Crippen LogP contribution in [0.1, 0.15) is 13.8 Å². The first-order valence-corrected chi connectivity index (χ1v) is 2.94. The van der Waals surface area contributed by atoms with Crippen LogP contribution in [0.5, 0.6) is 0 Å². The van der Waals surface area contributed by atoms with Crippen molar-refractivity contribution < 1.29 is 24.2 Å². The van der Waals surface area contributed by atoms with Crippen molar-refractivity contribution in [3.63, 3.8) is 0 Å². The van der Waals surface area contributed by atoms with E-state index < -0.39 is 6.16 Å². The van der Waals surface area contributed by atoms with Gasteiger partial charge in [-0.05, 0) is 6.92 Å². The molecular weight excluding hydrogens is 152 g/mol. The molecule has 0 spiro atoms. The van der Waals surface area contributed by atoms with Crippen molar-refractivity contribution in [3.05, 3.63) is 0 Å². The number of rotatable bonds is 1. The van der Waals surface area contributed by atoms with E-state index in [4.69, 9.17) is 9.90 Å². The summed E-state index contributed by atoms with van der Waals surface area (Å²) in [6, 6.07) is 0. The monoisotopic (exact) mass is 164 g/mol. The predicted molar refractivity (Wildman–Crippen MR) is 37.3 cm³/mol. The lowest BCUT2D eigenvalue weighted by Gasteiger charge is -1.89. The summed E-state index contributed by atoms with van der Waals surface area (Å²) in [6.45, 7) is 3.65. The third-order valence-corrected chi connectivity index (χ3v) is 0.522. The molecule has 0 amide bonds. The minimum atomic E-state index is -1.25. The molecule has 0 rings (SSSR count). The summed E-state index contributed by atoms with van der Waals surface area (Å²) in [4.78, 5) is 19.0. The van der Waals surface area contributed by atoms with Crippen LogP contribution >= 0.6 is 0 Å². The number of carboxylic acid groups (broad SMARTS) is 1. The molecule has 5 nitrogen and oxygen atoms in total. The Bertz CT molecular complexity index is 120. The summed E-state index contributed by atoms with van der Waals surface area (Å²) in [7, 11) is 1.10. The highest BCUT2D eigenvalue weighted by molar-refractivity contribution is 5.65. The summed E-state index contributed by atoms with van der Waals surface area (Å²) in [5.74, 6) is -0.211. The Balaban J connectivity index is 0. The van der Waals surface area contributed by atoms with E-state index in [0.29, 0.717) is 6.61 Å². The first kappa shape index (κ1) is 12.4. The highest BCUT2D eigenvalue weighted by atomic mass is 16.6. The van der Waals surface area contributed by atoms with E-state index in [-0.39, 0.29) is 5.97 Å². The summed E-state index contributed by atoms with van der Waals surface area (Å²) in [6.07, 6.45) is -1.25. The second-order valence-electron chi connectivity index (χ2n) is 1.39. The third-order valence-electron chi connectivity index (χ3n) is 0.522. The molecular formula is C6H12O5. The molecule has 0 aliphatic heterocycles. The Morgan fingerprint density at radius 1 is 1.45 bits per heavy atom. The molecule has 66 valence electrons. The Morgan fingerprint density at radius 2 is 1.82 bits per heavy atom. The number of ether oxygens (including phenoxy) is 2. The molecule has 0 unspecified atom stereocenters. The Morgan fingerprint density at radius 3 is 1.82 bits per heavy atom. The molecule has 0 heterocycles. The SMILES string of the molecule is CCOC(C)=O.COC(=O)O. The van der Waals surface area contributed by atoms with Gasteiger partial charge in [0.05, 0.1) is 13.7 Å². The van der Waals surface area contributed by atoms with Crippen molar-refractivity contribution in [1.82, 2.24) is 0 Å². The number of carbonyl (C=O) groups excluding carboxylic acids is 1. The van der Waals surface area contributed by atoms with E-state index in [1.54, 1.807) is 6.92 Å². The van der Waals surface area contributed by atoms with Crippen LogP contribution in [0.3, 0.4) is 0 Å². The number of carbonyl (C=O) groups is 2. The molecule has 0 aliphatic carbocycles. The van der Waals surface area contributed by atoms with Crippen LogP contribution in [-0.2, 0) is 14.3 Å². The third kappa shape index (κ3) is 28.4. The zero-order valence-corrected chi connectivity index (χ0v) is 6.79. The lowest BCUT2D eigenvalue weighted by atomic mass is 10.8. The van der Waals surface area contributed by atoms with Crippen molar-refractivity contribution in [2.24, 2.45) is 0 Å². The van der Waals surface area contributed by atoms with Gasteiger partial charge in [-0.25, -0.2) is 4.79 Å². The topological polar surface area (TPSA) is 72.8 Å². The van der Waals surface area contributed by atoms with Gasteiger partial charge in [0.15, 0.2) is 0 Å². The van der Waals surface area contributed by atoms with Gasteiger partial charge in [-0.15, -0.1) is 0 Å². The molecule has 0 fully saturated rings. The molecule has 0 aliphatic rings. The summed E-state index contributed by atoms with van der Waals surface area (Å²) < 4.78 is 8.07. The summed E-state index contributed by atoms with van der Waals surface area (Å²) >= 11 is 0. The van der Waals surface area contributed by atoms with Crippen molar-refractivity contribution >= 4 is 12.1 Å². The van der Waals surface area contributed by atoms with E-state index >= 15 is 0 Å². The van der Waals surface area contributed by atoms with Crippen LogP contribution in [-0.4, -0.2) is 30.9 Å². The molecule has 11 heavy (non-hydrogen) atoms. The van der Waals surface area contributed by atoms with E-state index in [2.05, 4.69) is 9.47 Å². The van der Waals surface area contributed by atoms with Crippen molar-refractivity contribution in [2.75, 3.05) is 13.7 Å². The largest absolute Gasteiger partial charge is 0.505 e. The number of hydrogen-bond donors (Lipinski definition) is 1. The molecule has 0 bridgehead atoms. The van der Waals surface area contributed by atoms with E-state index in [9.17, 15) is 4.79 Å². The zero-order valence-electron chi connectivity index (χ0n) is 6.79. The Kier molecular flexibility index (Phi) is 9.87. The summed E-state index contributed by atoms with van der Waals surface area (Å²) in [5, 5.41) is 7.50. The Hall–Kier alpha value is -1.26. The van der Waals surface area contributed by atoms with Crippen LogP contribution in [0.4, 0.5) is 4.79 Å². The van der Waals surface area contributed by atoms with Crippen LogP contribution < -0.4 is 0 Å². The van der Waals surface area contributed by atoms with E-state index in [1.807, 2.05) is 0 Å². The molecule has 0 aromatic rings. The number of methoxy groups -OCH3 is 1. The molecule has 0 atom stereocenters. The molecule has 0 aromatic heterocycles. The summed E-state index contributed by atoms with van der Waals surface area (Å²) in [5.41, 5.74) is 0. The van der Waals surface area contributed by atoms with Gasteiger partial charge in [-0.1, -0.05) is 0 Å². The van der Waals surface area contributed by atoms with Crippen LogP contribution in [0.2, 0.25) is 0 Å². The smallest absolute Gasteiger partial charge is 0.466 e. The maximum atomic E-state index is 9.82. The average Bonchev–Trinajstić information content (AvgIpc) is 1.89. The molecule has 5 heteroatoms. The van der Waals surface area contributed by atoms with Gasteiger partial charge < -0.3 is 14.6 Å². The number of esters is 1. The van der Waals surface area contributed by atoms with Gasteiger partial charge in [0.2, 0.25) is 0 Å². The van der Waals surface area contributed by atoms with Gasteiger partial charge in [0, 0.05) is 6.92 Å². The van der Waals surface area contributed by atoms with Crippen molar-refractivity contribution in [1.29, 1.82) is 0 Å². The second-order valence-corrected chi connectivity index (χ2v) is 1.39. The van der Waals surface area contributed by atoms with Gasteiger partial charge in [-0.3, -0.25) is 4.79 Å². The minimum Gasteiger partial charge on any atom is -0.466 e. The van der Waals surface area contributed by atoms with E-state index in [1.165, 1.54) is 6.92 Å². The Labute approximate surface area is 64.9 Å². The van der Waals surface area contributed by atoms with Gasteiger partial charge in [-0.2, -0.15) is 0 Å². The average molecular weight is 164 g/mol. The maximum Gasteiger partial charge on any atom is 0.505 e. The van der Waals surface area contributed by atoms with Gasteiger partial charge in [0.1, 0.15) is 0 Å². The highest BCUT2D eigenvalue weighted by Crippen LogP contribution is 1.69. The van der Waals surface area contributed by atoms with Gasteiger partial charge >= 0.3 is 12.1 Å². The van der Waals surface area contributed by atoms with Crippen LogP contribution in [0.15, 0.2) is 0 Å².